The van der Waals surface area contributed by atoms with Crippen LogP contribution in [0.2, 0.25) is 0 Å². The molecule has 0 saturated heterocycles. The fraction of sp³-hybridized carbons (Fsp3) is 0.909. The molecule has 1 N–H and O–H groups in total. The zero-order valence-electron chi connectivity index (χ0n) is 58.5. The predicted molar refractivity (Wildman–Crippen MR) is 353 cm³/mol. The van der Waals surface area contributed by atoms with E-state index in [4.69, 9.17) is 147 Å². The summed E-state index contributed by atoms with van der Waals surface area (Å²) in [6.45, 7) is 28.6. The fourth-order valence-corrected chi connectivity index (χ4v) is 7.06. The van der Waals surface area contributed by atoms with E-state index in [9.17, 15) is 0 Å². The maximum atomic E-state index is 8.62. The van der Waals surface area contributed by atoms with Crippen LogP contribution in [0.3, 0.4) is 0 Å². The lowest BCUT2D eigenvalue weighted by Crippen LogP contribution is -2.16. The Morgan fingerprint density at radius 2 is 0.237 bits per heavy atom. The standard InChI is InChI=1S/C66H126O31/c67-6-7-68-8-9-69-10-11-70-12-13-71-14-15-72-16-17-73-18-19-74-20-21-75-22-23-76-24-25-77-26-27-78-28-29-79-30-31-80-32-33-81-34-35-82-36-37-83-38-39-84-40-41-85-42-43-86-44-45-87-46-47-88-48-49-89-50-51-90-52-53-91-54-55-92-56-57-93-58-59-94-60-61-95-62-63-96-64-65-97-66-4-2-1-3-5-66/h1-5,67H,6-65H2. The summed E-state index contributed by atoms with van der Waals surface area (Å²) in [5.41, 5.74) is 0. The van der Waals surface area contributed by atoms with E-state index >= 15 is 0 Å². The van der Waals surface area contributed by atoms with Gasteiger partial charge in [0.2, 0.25) is 0 Å². The van der Waals surface area contributed by atoms with Crippen LogP contribution in [-0.4, -0.2) is 402 Å². The highest BCUT2D eigenvalue weighted by Crippen LogP contribution is 2.07. The van der Waals surface area contributed by atoms with Gasteiger partial charge in [0.15, 0.2) is 0 Å². The third-order valence-corrected chi connectivity index (χ3v) is 11.9. The van der Waals surface area contributed by atoms with Gasteiger partial charge in [0.25, 0.3) is 0 Å². The van der Waals surface area contributed by atoms with E-state index in [1.807, 2.05) is 30.3 Å². The van der Waals surface area contributed by atoms with Crippen molar-refractivity contribution in [2.45, 2.75) is 0 Å². The topological polar surface area (TPSA) is 297 Å². The summed E-state index contributed by atoms with van der Waals surface area (Å²) in [4.78, 5) is 0. The Morgan fingerprint density at radius 1 is 0.134 bits per heavy atom. The third kappa shape index (κ3) is 84.4. The first kappa shape index (κ1) is 92.8. The molecule has 31 nitrogen and oxygen atoms in total. The second kappa shape index (κ2) is 88.0. The molecular weight excluding hydrogens is 1290 g/mol. The molecule has 0 atom stereocenters. The number of rotatable bonds is 90. The molecule has 0 aliphatic heterocycles. The van der Waals surface area contributed by atoms with Crippen LogP contribution in [0.25, 0.3) is 0 Å². The van der Waals surface area contributed by atoms with Crippen LogP contribution in [0, 0.1) is 0 Å². The monoisotopic (exact) mass is 1410 g/mol. The third-order valence-electron chi connectivity index (χ3n) is 11.9. The number of hydrogen-bond donors (Lipinski definition) is 1. The summed E-state index contributed by atoms with van der Waals surface area (Å²) in [7, 11) is 0. The van der Waals surface area contributed by atoms with Gasteiger partial charge in [-0.25, -0.2) is 0 Å². The van der Waals surface area contributed by atoms with Gasteiger partial charge < -0.3 is 147 Å². The number of hydrogen-bond acceptors (Lipinski definition) is 31. The number of para-hydroxylation sites is 1. The molecule has 0 unspecified atom stereocenters. The molecule has 0 amide bonds. The summed E-state index contributed by atoms with van der Waals surface area (Å²) in [5, 5.41) is 8.62. The molecule has 0 aliphatic carbocycles. The minimum atomic E-state index is 0.0164. The van der Waals surface area contributed by atoms with Crippen molar-refractivity contribution in [1.82, 2.24) is 0 Å². The molecule has 31 heteroatoms. The van der Waals surface area contributed by atoms with Crippen molar-refractivity contribution in [3.63, 3.8) is 0 Å². The van der Waals surface area contributed by atoms with Gasteiger partial charge in [-0.3, -0.25) is 0 Å². The smallest absolute Gasteiger partial charge is 0.119 e. The fourth-order valence-electron chi connectivity index (χ4n) is 7.06. The summed E-state index contributed by atoms with van der Waals surface area (Å²) in [6, 6.07) is 9.66. The Balaban J connectivity index is 1.58. The predicted octanol–water partition coefficient (Wildman–Crippen LogP) is 1.54. The van der Waals surface area contributed by atoms with Crippen LogP contribution in [0.15, 0.2) is 30.3 Å². The second-order valence-electron chi connectivity index (χ2n) is 19.6. The first-order valence-corrected chi connectivity index (χ1v) is 34.5. The number of benzene rings is 1. The number of ether oxygens (including phenoxy) is 30. The minimum Gasteiger partial charge on any atom is -0.491 e. The number of aliphatic hydroxyl groups excluding tert-OH is 1. The molecule has 0 spiro atoms. The highest BCUT2D eigenvalue weighted by atomic mass is 16.6. The Bertz CT molecular complexity index is 1530. The lowest BCUT2D eigenvalue weighted by molar-refractivity contribution is -0.0324. The number of aliphatic hydroxyl groups is 1. The highest BCUT2D eigenvalue weighted by Gasteiger charge is 2.02. The Labute approximate surface area is 578 Å². The first-order valence-electron chi connectivity index (χ1n) is 34.5. The average Bonchev–Trinajstić information content (AvgIpc) is 3.83. The van der Waals surface area contributed by atoms with Crippen molar-refractivity contribution in [2.24, 2.45) is 0 Å². The molecule has 97 heavy (non-hydrogen) atoms. The van der Waals surface area contributed by atoms with Gasteiger partial charge in [0.05, 0.1) is 390 Å². The van der Waals surface area contributed by atoms with E-state index in [1.165, 1.54) is 0 Å². The molecule has 0 saturated carbocycles. The van der Waals surface area contributed by atoms with Gasteiger partial charge in [0.1, 0.15) is 12.4 Å². The molecule has 0 heterocycles. The van der Waals surface area contributed by atoms with E-state index in [-0.39, 0.29) is 6.61 Å². The first-order chi connectivity index (χ1) is 48.4. The zero-order chi connectivity index (χ0) is 68.8. The molecule has 1 aromatic rings. The van der Waals surface area contributed by atoms with Crippen molar-refractivity contribution in [3.8, 4) is 5.75 Å². The molecule has 0 bridgehead atoms. The molecule has 0 aromatic heterocycles. The van der Waals surface area contributed by atoms with Gasteiger partial charge in [0, 0.05) is 0 Å². The van der Waals surface area contributed by atoms with E-state index in [0.717, 1.165) is 5.75 Å². The van der Waals surface area contributed by atoms with Crippen LogP contribution in [-0.2, 0) is 137 Å². The van der Waals surface area contributed by atoms with E-state index in [2.05, 4.69) is 0 Å². The quantitative estimate of drug-likeness (QED) is 0.0905. The minimum absolute atomic E-state index is 0.0164. The molecule has 0 radical (unpaired) electrons. The Hall–Kier alpha value is -2.18. The average molecular weight is 1420 g/mol. The highest BCUT2D eigenvalue weighted by molar-refractivity contribution is 5.20. The van der Waals surface area contributed by atoms with Crippen LogP contribution >= 0.6 is 0 Å². The molecule has 576 valence electrons. The van der Waals surface area contributed by atoms with E-state index in [1.54, 1.807) is 0 Å². The molecule has 0 fully saturated rings. The van der Waals surface area contributed by atoms with Gasteiger partial charge in [-0.1, -0.05) is 18.2 Å². The summed E-state index contributed by atoms with van der Waals surface area (Å²) in [5.74, 6) is 0.837. The van der Waals surface area contributed by atoms with Gasteiger partial charge in [-0.05, 0) is 12.1 Å². The summed E-state index contributed by atoms with van der Waals surface area (Å²) in [6.07, 6.45) is 0. The summed E-state index contributed by atoms with van der Waals surface area (Å²) < 4.78 is 165. The summed E-state index contributed by atoms with van der Waals surface area (Å²) >= 11 is 0. The SMILES string of the molecule is OCCOCCOCCOCCOCCOCCOCCOCCOCCOCCOCCOCCOCCOCCOCCOCCOCCOCCOCCOCCOCCOCCOCCOCCOCCOCCOCCOCCOCCOCCOc1ccccc1. The lowest BCUT2D eigenvalue weighted by Gasteiger charge is -2.09. The molecular formula is C66H126O31. The largest absolute Gasteiger partial charge is 0.491 e. The molecule has 0 aliphatic rings. The van der Waals surface area contributed by atoms with Crippen molar-refractivity contribution in [3.05, 3.63) is 30.3 Å². The molecule has 1 aromatic carbocycles. The lowest BCUT2D eigenvalue weighted by atomic mass is 10.3. The molecule has 1 rings (SSSR count). The van der Waals surface area contributed by atoms with Crippen LogP contribution < -0.4 is 4.74 Å². The van der Waals surface area contributed by atoms with Crippen LogP contribution in [0.5, 0.6) is 5.75 Å². The second-order valence-corrected chi connectivity index (χ2v) is 19.6. The normalized spacial score (nSPS) is 11.7. The Kier molecular flexibility index (Phi) is 84.3. The van der Waals surface area contributed by atoms with Crippen molar-refractivity contribution < 1.29 is 147 Å². The van der Waals surface area contributed by atoms with E-state index < -0.39 is 0 Å². The van der Waals surface area contributed by atoms with Crippen molar-refractivity contribution in [1.29, 1.82) is 0 Å². The Morgan fingerprint density at radius 3 is 0.351 bits per heavy atom. The van der Waals surface area contributed by atoms with Gasteiger partial charge in [-0.2, -0.15) is 0 Å². The van der Waals surface area contributed by atoms with Gasteiger partial charge >= 0.3 is 0 Å². The zero-order valence-corrected chi connectivity index (χ0v) is 58.5. The van der Waals surface area contributed by atoms with Crippen molar-refractivity contribution >= 4 is 0 Å². The van der Waals surface area contributed by atoms with Crippen LogP contribution in [0.4, 0.5) is 0 Å². The van der Waals surface area contributed by atoms with Crippen molar-refractivity contribution in [2.75, 3.05) is 396 Å². The van der Waals surface area contributed by atoms with E-state index in [0.29, 0.717) is 390 Å². The van der Waals surface area contributed by atoms with Gasteiger partial charge in [-0.15, -0.1) is 0 Å². The van der Waals surface area contributed by atoms with Crippen LogP contribution in [0.1, 0.15) is 0 Å². The maximum absolute atomic E-state index is 8.62. The maximum Gasteiger partial charge on any atom is 0.119 e.